The number of epoxide rings is 4. The summed E-state index contributed by atoms with van der Waals surface area (Å²) in [7, 11) is 0. The average molecular weight is 1970 g/mol. The van der Waals surface area contributed by atoms with Crippen LogP contribution in [0.1, 0.15) is 157 Å². The highest BCUT2D eigenvalue weighted by atomic mass is 19.1. The van der Waals surface area contributed by atoms with Gasteiger partial charge in [0.15, 0.2) is 47.7 Å². The maximum atomic E-state index is 15.3. The molecule has 15 aromatic rings. The second kappa shape index (κ2) is 33.5. The number of nitrogens with zero attached hydrogens (tertiary/aromatic N) is 16. The quantitative estimate of drug-likeness (QED) is 0.0737. The Kier molecular flexibility index (Phi) is 21.2. The van der Waals surface area contributed by atoms with Crippen molar-refractivity contribution in [2.24, 2.45) is 46.8 Å². The predicted octanol–water partition coefficient (Wildman–Crippen LogP) is 22.3. The normalized spacial score (nSPS) is 30.0. The van der Waals surface area contributed by atoms with Crippen LogP contribution < -0.4 is 0 Å². The lowest BCUT2D eigenvalue weighted by atomic mass is 9.50. The Labute approximate surface area is 849 Å². The minimum atomic E-state index is -1.49. The molecule has 732 valence electrons. The first-order valence-electron chi connectivity index (χ1n) is 50.5. The van der Waals surface area contributed by atoms with Gasteiger partial charge in [0, 0.05) is 142 Å². The van der Waals surface area contributed by atoms with Crippen LogP contribution in [0.15, 0.2) is 225 Å². The maximum absolute atomic E-state index is 15.3. The van der Waals surface area contributed by atoms with Gasteiger partial charge < -0.3 is 0 Å². The first kappa shape index (κ1) is 93.5. The molecule has 13 aliphatic rings. The number of Topliss-reactive ketones (excluding diaryl/α,β-unsaturated/α-hetero) is 4. The largest absolute Gasteiger partial charge is 0.425 e. The van der Waals surface area contributed by atoms with Gasteiger partial charge >= 0.3 is 22.9 Å². The number of benzene rings is 7. The highest BCUT2D eigenvalue weighted by Gasteiger charge is 2.88. The van der Waals surface area contributed by atoms with Gasteiger partial charge in [0.25, 0.3) is 23.1 Å². The summed E-state index contributed by atoms with van der Waals surface area (Å²) in [6.45, 7) is 49.0. The fraction of sp³-hybridized carbons (Fsp3) is 0.333. The number of aromatic nitrogens is 12. The van der Waals surface area contributed by atoms with Crippen LogP contribution >= 0.6 is 0 Å². The SMILES string of the molecule is [C-]#[N+][C@]12O[C@H]1[C@@]1(C)c3nc(-c4ccnc(C5CC5)c4)nc(-c4ccccc4F)c3CC[C@@H]1[C@@H](C)C2=O.[C-]#[N+][C@]12O[C@H]1[C@@]1(C)c3nc(-c4ccnc5ccccc45)nc(-c4ccccc4F)c3CC[C@@H]1C(C)(C)C2=O.[C-]#[N+][C@]12O[C@H]1[C@@]1(C)c3nc(-c4ccnc5ccccc45)nc(-c4ccccc4F)c3CC[C@@H]1[C@@H](C)C2=O.[C-]#[N+][C@]12O[C@H]1[C@@]1(C)c3nc(-c4ccnc5ccccc45)nc(-c4ccccc4F)c3CC[C@@H]1[C@@H](C)C2=O. The number of rotatable bonds is 9. The van der Waals surface area contributed by atoms with Gasteiger partial charge in [0.05, 0.1) is 83.8 Å². The highest BCUT2D eigenvalue weighted by Crippen LogP contribution is 2.70. The maximum Gasteiger partial charge on any atom is 0.425 e. The van der Waals surface area contributed by atoms with Crippen LogP contribution in [-0.4, -0.2) is 130 Å². The van der Waals surface area contributed by atoms with Crippen LogP contribution in [0.2, 0.25) is 0 Å². The van der Waals surface area contributed by atoms with Gasteiger partial charge in [0.2, 0.25) is 0 Å². The van der Waals surface area contributed by atoms with E-state index in [9.17, 15) is 19.2 Å². The molecule has 0 spiro atoms. The zero-order chi connectivity index (χ0) is 102. The van der Waals surface area contributed by atoms with Gasteiger partial charge in [0.1, 0.15) is 23.3 Å². The van der Waals surface area contributed by atoms with Crippen molar-refractivity contribution in [3.63, 3.8) is 0 Å². The van der Waals surface area contributed by atoms with E-state index in [2.05, 4.69) is 67.0 Å². The standard InChI is InChI=1S/C31H25FN4O2.2C30H23FN4O2.C29H25FN4O2/c1-29(2)23-14-13-20-24(19-10-5-7-11-21(19)32)35-26(18-15-16-34-22-12-8-6-9-17(18)22)36-25(20)30(23,3)28-31(33-4,38-28)27(29)37;2*1-16-21-13-12-20-24(19-9-4-6-10-22(19)31)34-27(18-14-15-33-23-11-7-5-8-17(18)23)35-25(20)29(21,2)28-30(32-3,37-28)26(16)36;1-15-20-11-10-19-23(18-6-4-5-7-21(18)30)33-26(17-12-13-32-22(14-17)16-8-9-16)34-24(19)28(20,2)27-29(31-3,36-27)25(15)35/h5-12,15-16,23,28H,13-14H2,1-3H3;2*4-11,14-16,21,28H,12-13H2,1-2H3;4-7,12-16,20,27H,8-11H2,1-2H3/t23-,28+,30-,31-;2*16-,21-,28+,29-,30-;15-,20-,27+,28-,29-/m1111/s1. The molecule has 5 saturated carbocycles. The first-order chi connectivity index (χ1) is 71.4. The van der Waals surface area contributed by atoms with Gasteiger partial charge in [-0.25, -0.2) is 83.7 Å². The molecule has 0 bridgehead atoms. The molecule has 8 aromatic heterocycles. The van der Waals surface area contributed by atoms with Crippen molar-refractivity contribution in [1.82, 2.24) is 59.8 Å². The van der Waals surface area contributed by atoms with E-state index in [-0.39, 0.29) is 87.8 Å². The molecule has 4 saturated heterocycles. The van der Waals surface area contributed by atoms with Gasteiger partial charge in [-0.2, -0.15) is 0 Å². The summed E-state index contributed by atoms with van der Waals surface area (Å²) in [5.41, 5.74) is 7.72. The summed E-state index contributed by atoms with van der Waals surface area (Å²) in [6.07, 6.45) is 12.2. The molecule has 148 heavy (non-hydrogen) atoms. The van der Waals surface area contributed by atoms with E-state index in [1.807, 2.05) is 144 Å². The molecule has 28 rings (SSSR count). The highest BCUT2D eigenvalue weighted by molar-refractivity contribution is 6.02. The summed E-state index contributed by atoms with van der Waals surface area (Å²) in [5.74, 6) is -0.782. The van der Waals surface area contributed by atoms with E-state index in [1.54, 1.807) is 91.5 Å². The van der Waals surface area contributed by atoms with E-state index in [0.29, 0.717) is 119 Å². The van der Waals surface area contributed by atoms with Gasteiger partial charge in [-0.1, -0.05) is 165 Å². The third-order valence-corrected chi connectivity index (χ3v) is 35.2. The Morgan fingerprint density at radius 2 is 0.608 bits per heavy atom. The van der Waals surface area contributed by atoms with E-state index in [4.69, 9.17) is 85.1 Å². The predicted molar refractivity (Wildman–Crippen MR) is 542 cm³/mol. The molecular formula is C120H96F4N16O8. The Morgan fingerprint density at radius 1 is 0.318 bits per heavy atom. The summed E-state index contributed by atoms with van der Waals surface area (Å²) >= 11 is 0. The molecule has 9 aliphatic carbocycles. The van der Waals surface area contributed by atoms with Crippen molar-refractivity contribution in [2.75, 3.05) is 0 Å². The van der Waals surface area contributed by atoms with Crippen molar-refractivity contribution in [2.45, 2.75) is 201 Å². The molecule has 28 heteroatoms. The molecule has 0 radical (unpaired) electrons. The number of carbonyl (C=O) groups excluding carboxylic acids is 4. The molecule has 7 aromatic carbocycles. The summed E-state index contributed by atoms with van der Waals surface area (Å²) in [5, 5.41) is 2.68. The first-order valence-corrected chi connectivity index (χ1v) is 50.5. The molecule has 4 aliphatic heterocycles. The van der Waals surface area contributed by atoms with Gasteiger partial charge in [-0.3, -0.25) is 77.4 Å². The number of para-hydroxylation sites is 3. The van der Waals surface area contributed by atoms with Crippen LogP contribution in [0.3, 0.4) is 0 Å². The number of halogens is 4. The van der Waals surface area contributed by atoms with Crippen molar-refractivity contribution in [3.8, 4) is 90.6 Å². The molecule has 12 heterocycles. The minimum absolute atomic E-state index is 0.0180. The Hall–Kier alpha value is -15.6. The van der Waals surface area contributed by atoms with E-state index in [0.717, 1.165) is 125 Å². The van der Waals surface area contributed by atoms with Crippen molar-refractivity contribution in [3.05, 3.63) is 345 Å². The summed E-state index contributed by atoms with van der Waals surface area (Å²) < 4.78 is 84.7. The van der Waals surface area contributed by atoms with E-state index in [1.165, 1.54) is 24.3 Å². The zero-order valence-electron chi connectivity index (χ0n) is 82.3. The average Bonchev–Trinajstić information content (AvgIpc) is 1.49. The summed E-state index contributed by atoms with van der Waals surface area (Å²) in [4.78, 5) is 126. The monoisotopic (exact) mass is 1960 g/mol. The third kappa shape index (κ3) is 13.4. The van der Waals surface area contributed by atoms with E-state index >= 15 is 17.6 Å². The molecular weight excluding hydrogens is 1870 g/mol. The lowest BCUT2D eigenvalue weighted by Crippen LogP contribution is -2.60. The molecule has 0 unspecified atom stereocenters. The Balaban J connectivity index is 0.000000103. The fourth-order valence-electron chi connectivity index (χ4n) is 27.6. The number of carbonyl (C=O) groups is 4. The van der Waals surface area contributed by atoms with Crippen LogP contribution in [-0.2, 0) is 85.5 Å². The number of hydrogen-bond donors (Lipinski definition) is 0. The lowest BCUT2D eigenvalue weighted by Gasteiger charge is -2.50. The number of ether oxygens (including phenoxy) is 4. The molecule has 0 N–H and O–H groups in total. The Morgan fingerprint density at radius 3 is 0.946 bits per heavy atom. The fourth-order valence-corrected chi connectivity index (χ4v) is 27.6. The molecule has 0 amide bonds. The van der Waals surface area contributed by atoms with Crippen LogP contribution in [0, 0.1) is 96.4 Å². The topological polar surface area (TPSA) is 291 Å². The number of pyridine rings is 4. The minimum Gasteiger partial charge on any atom is -0.287 e. The van der Waals surface area contributed by atoms with Crippen molar-refractivity contribution >= 4 is 55.8 Å². The molecule has 19 atom stereocenters. The smallest absolute Gasteiger partial charge is 0.287 e. The zero-order valence-corrected chi connectivity index (χ0v) is 82.3. The van der Waals surface area contributed by atoms with E-state index < -0.39 is 74.4 Å². The van der Waals surface area contributed by atoms with Crippen molar-refractivity contribution in [1.29, 1.82) is 0 Å². The van der Waals surface area contributed by atoms with Gasteiger partial charge in [-0.05, 0) is 185 Å². The van der Waals surface area contributed by atoms with Gasteiger partial charge in [-0.15, -0.1) is 0 Å². The second-order valence-corrected chi connectivity index (χ2v) is 43.1. The third-order valence-electron chi connectivity index (χ3n) is 35.2. The second-order valence-electron chi connectivity index (χ2n) is 43.1. The van der Waals surface area contributed by atoms with Crippen molar-refractivity contribution < 1.29 is 55.7 Å². The van der Waals surface area contributed by atoms with Crippen LogP contribution in [0.25, 0.3) is 143 Å². The summed E-state index contributed by atoms with van der Waals surface area (Å²) in [6, 6.07) is 59.5. The molecule has 9 fully saturated rings. The lowest BCUT2D eigenvalue weighted by molar-refractivity contribution is -0.138. The number of hydrogen-bond acceptors (Lipinski definition) is 20. The number of ketones is 4. The van der Waals surface area contributed by atoms with Crippen LogP contribution in [0.5, 0.6) is 0 Å². The molecule has 24 nitrogen and oxygen atoms in total. The Bertz CT molecular complexity index is 8270. The van der Waals surface area contributed by atoms with Crippen LogP contribution in [0.4, 0.5) is 17.6 Å². The number of fused-ring (bicyclic) bond motifs is 23.